The molecule has 5 heteroatoms. The average molecular weight is 946 g/mol. The smallest absolute Gasteiger partial charge is 0.134 e. The van der Waals surface area contributed by atoms with E-state index in [0.717, 1.165) is 58.9 Å². The van der Waals surface area contributed by atoms with Gasteiger partial charge in [0.1, 0.15) is 11.2 Å². The Balaban J connectivity index is 0.000000285. The van der Waals surface area contributed by atoms with Crippen molar-refractivity contribution in [3.8, 4) is 11.3 Å². The molecule has 0 atom stereocenters. The summed E-state index contributed by atoms with van der Waals surface area (Å²) < 4.78 is 6.62. The van der Waals surface area contributed by atoms with Crippen molar-refractivity contribution in [1.82, 2.24) is 4.98 Å². The van der Waals surface area contributed by atoms with Crippen LogP contribution in [0.3, 0.4) is 0 Å². The number of furan rings is 1. The Kier molecular flexibility index (Phi) is 15.3. The Morgan fingerprint density at radius 1 is 0.825 bits per heavy atom. The fraction of sp³-hybridized carbons (Fsp3) is 0.538. The number of hydrogen-bond acceptors (Lipinski definition) is 3. The molecule has 0 fully saturated rings. The van der Waals surface area contributed by atoms with Crippen molar-refractivity contribution >= 4 is 38.4 Å². The maximum Gasteiger partial charge on any atom is 0.134 e. The molecule has 1 aliphatic rings. The van der Waals surface area contributed by atoms with Gasteiger partial charge in [-0.25, -0.2) is 0 Å². The zero-order valence-corrected chi connectivity index (χ0v) is 40.3. The van der Waals surface area contributed by atoms with Gasteiger partial charge in [0.15, 0.2) is 0 Å². The van der Waals surface area contributed by atoms with Gasteiger partial charge in [0, 0.05) is 60.4 Å². The Labute approximate surface area is 359 Å². The van der Waals surface area contributed by atoms with Crippen LogP contribution in [-0.4, -0.2) is 22.8 Å². The minimum atomic E-state index is 0. The van der Waals surface area contributed by atoms with E-state index in [9.17, 15) is 0 Å². The van der Waals surface area contributed by atoms with E-state index in [1.165, 1.54) is 51.7 Å². The van der Waals surface area contributed by atoms with Crippen LogP contribution in [0.4, 0.5) is 0 Å². The number of aromatic nitrogens is 1. The Bertz CT molecular complexity index is 2180. The molecule has 5 aromatic rings. The number of fused-ring (bicyclic) bond motifs is 5. The fourth-order valence-electron chi connectivity index (χ4n) is 8.62. The molecule has 0 aliphatic heterocycles. The maximum atomic E-state index is 6.62. The molecule has 0 N–H and O–H groups in total. The number of allylic oxidation sites excluding steroid dienone is 2. The molecule has 1 radical (unpaired) electrons. The van der Waals surface area contributed by atoms with Crippen molar-refractivity contribution in [2.75, 3.05) is 0 Å². The van der Waals surface area contributed by atoms with Crippen LogP contribution in [0, 0.1) is 17.9 Å². The van der Waals surface area contributed by atoms with E-state index in [-0.39, 0.29) is 36.4 Å². The molecule has 0 spiro atoms. The van der Waals surface area contributed by atoms with Crippen LogP contribution in [0.15, 0.2) is 75.9 Å². The SMILES string of the molecule is CC(C)(C)c1cc(-c2nccc3c2oc2cc4c(cc23)C(C)(C)CCC4(C)C)[c-]c2ccccc12.CCC(CC)C(/C=C(\[N-]C(C)C)C(CC)CC)=NC(C)C.[Ir]. The third-order valence-electron chi connectivity index (χ3n) is 12.1. The zero-order chi connectivity index (χ0) is 41.2. The first-order chi connectivity index (χ1) is 26.3. The minimum absolute atomic E-state index is 0. The standard InChI is InChI=1S/C33H34NO.C19H37N2.Ir/c1-31(2,3)25-17-21(16-20-10-8-9-11-22(20)25)29-30-23(12-15-34-29)24-18-26-27(19-28(24)35-30)33(6,7)14-13-32(26,4)5;1-9-16(10-2)18(20-14(5)6)13-19(21-15(7)8)17(11-3)12-4;/h8-12,15,17-19H,13-14H2,1-7H3;13-17H,9-12H2,1-8H3;/q2*-1;/b;18-13-,21-19?;. The molecule has 2 heterocycles. The molecule has 0 saturated carbocycles. The summed E-state index contributed by atoms with van der Waals surface area (Å²) in [6, 6.07) is 21.9. The van der Waals surface area contributed by atoms with Crippen molar-refractivity contribution < 1.29 is 24.5 Å². The van der Waals surface area contributed by atoms with Crippen molar-refractivity contribution in [1.29, 1.82) is 0 Å². The van der Waals surface area contributed by atoms with E-state index in [0.29, 0.717) is 23.9 Å². The van der Waals surface area contributed by atoms with Crippen molar-refractivity contribution in [3.05, 3.63) is 94.6 Å². The number of rotatable bonds is 11. The van der Waals surface area contributed by atoms with Crippen LogP contribution >= 0.6 is 0 Å². The molecule has 57 heavy (non-hydrogen) atoms. The Morgan fingerprint density at radius 2 is 1.42 bits per heavy atom. The number of benzene rings is 3. The van der Waals surface area contributed by atoms with E-state index in [4.69, 9.17) is 19.7 Å². The van der Waals surface area contributed by atoms with E-state index < -0.39 is 0 Å². The van der Waals surface area contributed by atoms with Gasteiger partial charge in [0.05, 0.1) is 0 Å². The molecule has 0 amide bonds. The van der Waals surface area contributed by atoms with Gasteiger partial charge in [0.2, 0.25) is 0 Å². The third-order valence-corrected chi connectivity index (χ3v) is 12.1. The van der Waals surface area contributed by atoms with Gasteiger partial charge in [-0.2, -0.15) is 5.70 Å². The van der Waals surface area contributed by atoms with Crippen LogP contribution in [0.1, 0.15) is 159 Å². The molecule has 1 aliphatic carbocycles. The van der Waals surface area contributed by atoms with Gasteiger partial charge >= 0.3 is 0 Å². The van der Waals surface area contributed by atoms with Crippen LogP contribution in [0.5, 0.6) is 0 Å². The second-order valence-electron chi connectivity index (χ2n) is 19.2. The predicted octanol–water partition coefficient (Wildman–Crippen LogP) is 15.6. The normalized spacial score (nSPS) is 15.7. The summed E-state index contributed by atoms with van der Waals surface area (Å²) in [5.41, 5.74) is 10.6. The maximum absolute atomic E-state index is 6.62. The Hall–Kier alpha value is -3.27. The van der Waals surface area contributed by atoms with Crippen LogP contribution in [-0.2, 0) is 36.4 Å². The summed E-state index contributed by atoms with van der Waals surface area (Å²) in [4.78, 5) is 9.73. The van der Waals surface area contributed by atoms with E-state index in [1.807, 2.05) is 6.20 Å². The van der Waals surface area contributed by atoms with Gasteiger partial charge in [-0.1, -0.05) is 138 Å². The average Bonchev–Trinajstić information content (AvgIpc) is 3.51. The molecule has 311 valence electrons. The van der Waals surface area contributed by atoms with E-state index in [2.05, 4.69) is 165 Å². The van der Waals surface area contributed by atoms with Gasteiger partial charge in [-0.3, -0.25) is 9.98 Å². The van der Waals surface area contributed by atoms with Crippen LogP contribution in [0.25, 0.3) is 49.3 Å². The van der Waals surface area contributed by atoms with E-state index >= 15 is 0 Å². The monoisotopic (exact) mass is 947 g/mol. The molecular formula is C52H71IrN3O-2. The topological polar surface area (TPSA) is 52.5 Å². The van der Waals surface area contributed by atoms with Crippen LogP contribution in [0.2, 0.25) is 0 Å². The summed E-state index contributed by atoms with van der Waals surface area (Å²) in [7, 11) is 0. The first-order valence-electron chi connectivity index (χ1n) is 21.7. The van der Waals surface area contributed by atoms with Gasteiger partial charge in [-0.05, 0) is 91.0 Å². The number of nitrogens with zero attached hydrogens (tertiary/aromatic N) is 3. The number of hydrogen-bond donors (Lipinski definition) is 0. The van der Waals surface area contributed by atoms with E-state index in [1.54, 1.807) is 0 Å². The molecule has 0 unspecified atom stereocenters. The number of pyridine rings is 1. The molecule has 2 aromatic heterocycles. The molecule has 4 nitrogen and oxygen atoms in total. The predicted molar refractivity (Wildman–Crippen MR) is 245 cm³/mol. The minimum Gasteiger partial charge on any atom is -0.685 e. The summed E-state index contributed by atoms with van der Waals surface area (Å²) in [6.07, 6.45) is 11.2. The first-order valence-corrected chi connectivity index (χ1v) is 21.7. The summed E-state index contributed by atoms with van der Waals surface area (Å²) in [5.74, 6) is 1.11. The molecule has 6 rings (SSSR count). The first kappa shape index (κ1) is 46.4. The molecular weight excluding hydrogens is 875 g/mol. The second kappa shape index (κ2) is 18.8. The summed E-state index contributed by atoms with van der Waals surface area (Å²) in [6.45, 7) is 33.9. The molecule has 0 saturated heterocycles. The van der Waals surface area contributed by atoms with Gasteiger partial charge in [0.25, 0.3) is 0 Å². The Morgan fingerprint density at radius 3 is 1.98 bits per heavy atom. The second-order valence-corrected chi connectivity index (χ2v) is 19.2. The largest absolute Gasteiger partial charge is 0.685 e. The zero-order valence-electron chi connectivity index (χ0n) is 37.9. The quantitative estimate of drug-likeness (QED) is 0.0978. The summed E-state index contributed by atoms with van der Waals surface area (Å²) >= 11 is 0. The van der Waals surface area contributed by atoms with Gasteiger partial charge < -0.3 is 9.73 Å². The number of aliphatic imine (C=N–C) groups is 1. The van der Waals surface area contributed by atoms with Crippen molar-refractivity contribution in [3.63, 3.8) is 0 Å². The molecule has 3 aromatic carbocycles. The summed E-state index contributed by atoms with van der Waals surface area (Å²) in [5, 5.41) is 9.58. The third kappa shape index (κ3) is 10.3. The van der Waals surface area contributed by atoms with Gasteiger partial charge in [-0.15, -0.1) is 35.2 Å². The van der Waals surface area contributed by atoms with Crippen molar-refractivity contribution in [2.45, 2.75) is 171 Å². The molecule has 0 bridgehead atoms. The van der Waals surface area contributed by atoms with Crippen LogP contribution < -0.4 is 0 Å². The van der Waals surface area contributed by atoms with Crippen molar-refractivity contribution in [2.24, 2.45) is 16.8 Å². The fourth-order valence-corrected chi connectivity index (χ4v) is 8.62.